The molecule has 1 N–H and O–H groups in total. The van der Waals surface area contributed by atoms with Gasteiger partial charge in [0.05, 0.1) is 11.1 Å². The Bertz CT molecular complexity index is 899. The molecule has 166 valence electrons. The van der Waals surface area contributed by atoms with Gasteiger partial charge < -0.3 is 14.8 Å². The lowest BCUT2D eigenvalue weighted by Gasteiger charge is -2.54. The van der Waals surface area contributed by atoms with Crippen molar-refractivity contribution in [2.75, 3.05) is 6.61 Å². The number of hydrogen-bond donors (Lipinski definition) is 1. The Kier molecular flexibility index (Phi) is 6.30. The standard InChI is InChI=1S/C27H34BrNO2/c1-3-30-25-14-20(13-24(28)27(25)31-16-21-7-5-4-6-17(21)2)15-29-26-22-9-18-8-19(11-22)12-23(26)10-18/h4-7,13-14,18-19,22-23,26,29H,3,8-12,15-16H2,1-2H3. The van der Waals surface area contributed by atoms with Crippen molar-refractivity contribution >= 4 is 15.9 Å². The zero-order valence-corrected chi connectivity index (χ0v) is 20.3. The minimum Gasteiger partial charge on any atom is -0.490 e. The molecule has 0 heterocycles. The Morgan fingerprint density at radius 1 is 0.968 bits per heavy atom. The van der Waals surface area contributed by atoms with Crippen LogP contribution >= 0.6 is 15.9 Å². The Balaban J connectivity index is 1.28. The molecule has 4 heteroatoms. The van der Waals surface area contributed by atoms with Crippen LogP contribution in [0.25, 0.3) is 0 Å². The van der Waals surface area contributed by atoms with Crippen molar-refractivity contribution in [1.82, 2.24) is 5.32 Å². The van der Waals surface area contributed by atoms with Gasteiger partial charge >= 0.3 is 0 Å². The van der Waals surface area contributed by atoms with Crippen LogP contribution in [0, 0.1) is 30.6 Å². The molecular weight excluding hydrogens is 450 g/mol. The van der Waals surface area contributed by atoms with Crippen LogP contribution in [0.15, 0.2) is 40.9 Å². The molecule has 4 aliphatic carbocycles. The maximum atomic E-state index is 6.22. The molecule has 4 aliphatic rings. The highest BCUT2D eigenvalue weighted by Gasteiger charge is 2.47. The first kappa shape index (κ1) is 21.3. The van der Waals surface area contributed by atoms with E-state index in [2.05, 4.69) is 64.6 Å². The lowest BCUT2D eigenvalue weighted by atomic mass is 9.54. The first-order valence-electron chi connectivity index (χ1n) is 12.0. The summed E-state index contributed by atoms with van der Waals surface area (Å²) < 4.78 is 13.2. The topological polar surface area (TPSA) is 30.5 Å². The molecule has 2 aromatic carbocycles. The van der Waals surface area contributed by atoms with Gasteiger partial charge in [0.2, 0.25) is 0 Å². The van der Waals surface area contributed by atoms with Gasteiger partial charge in [-0.15, -0.1) is 0 Å². The Labute approximate surface area is 195 Å². The number of hydrogen-bond acceptors (Lipinski definition) is 3. The van der Waals surface area contributed by atoms with Crippen LogP contribution in [0.5, 0.6) is 11.5 Å². The number of nitrogens with one attached hydrogen (secondary N) is 1. The largest absolute Gasteiger partial charge is 0.490 e. The van der Waals surface area contributed by atoms with Crippen LogP contribution in [0.4, 0.5) is 0 Å². The second-order valence-corrected chi connectivity index (χ2v) is 10.7. The zero-order chi connectivity index (χ0) is 21.4. The first-order chi connectivity index (χ1) is 15.1. The van der Waals surface area contributed by atoms with Crippen LogP contribution in [-0.4, -0.2) is 12.6 Å². The molecule has 4 bridgehead atoms. The molecule has 0 saturated heterocycles. The molecule has 0 spiro atoms. The molecule has 0 radical (unpaired) electrons. The highest BCUT2D eigenvalue weighted by atomic mass is 79.9. The van der Waals surface area contributed by atoms with Crippen molar-refractivity contribution in [3.8, 4) is 11.5 Å². The summed E-state index contributed by atoms with van der Waals surface area (Å²) in [4.78, 5) is 0. The van der Waals surface area contributed by atoms with E-state index in [0.29, 0.717) is 19.3 Å². The normalized spacial score (nSPS) is 28.7. The summed E-state index contributed by atoms with van der Waals surface area (Å²) in [7, 11) is 0. The molecule has 2 aromatic rings. The van der Waals surface area contributed by atoms with Crippen LogP contribution in [0.3, 0.4) is 0 Å². The summed E-state index contributed by atoms with van der Waals surface area (Å²) in [6.07, 6.45) is 7.30. The van der Waals surface area contributed by atoms with E-state index in [9.17, 15) is 0 Å². The van der Waals surface area contributed by atoms with Crippen molar-refractivity contribution in [2.45, 2.75) is 65.1 Å². The summed E-state index contributed by atoms with van der Waals surface area (Å²) in [6, 6.07) is 13.4. The summed E-state index contributed by atoms with van der Waals surface area (Å²) in [5.74, 6) is 5.44. The van der Waals surface area contributed by atoms with Crippen LogP contribution < -0.4 is 14.8 Å². The number of rotatable bonds is 8. The van der Waals surface area contributed by atoms with Gasteiger partial charge in [-0.1, -0.05) is 24.3 Å². The van der Waals surface area contributed by atoms with Gasteiger partial charge in [0.1, 0.15) is 6.61 Å². The molecule has 4 saturated carbocycles. The van der Waals surface area contributed by atoms with Gasteiger partial charge in [0, 0.05) is 12.6 Å². The lowest BCUT2D eigenvalue weighted by Crippen LogP contribution is -2.54. The Morgan fingerprint density at radius 2 is 1.68 bits per heavy atom. The maximum absolute atomic E-state index is 6.22. The van der Waals surface area contributed by atoms with Crippen molar-refractivity contribution in [3.63, 3.8) is 0 Å². The molecule has 3 nitrogen and oxygen atoms in total. The summed E-state index contributed by atoms with van der Waals surface area (Å²) >= 11 is 3.76. The van der Waals surface area contributed by atoms with Gasteiger partial charge in [-0.25, -0.2) is 0 Å². The van der Waals surface area contributed by atoms with Gasteiger partial charge in [0.25, 0.3) is 0 Å². The van der Waals surface area contributed by atoms with Gasteiger partial charge in [-0.05, 0) is 114 Å². The number of aryl methyl sites for hydroxylation is 1. The molecule has 0 atom stereocenters. The second kappa shape index (κ2) is 9.15. The minimum atomic E-state index is 0.538. The van der Waals surface area contributed by atoms with E-state index in [1.165, 1.54) is 48.8 Å². The Hall–Kier alpha value is -1.52. The minimum absolute atomic E-state index is 0.538. The van der Waals surface area contributed by atoms with E-state index in [1.807, 2.05) is 6.92 Å². The SMILES string of the molecule is CCOc1cc(CNC2C3CC4CC(C3)CC2C4)cc(Br)c1OCc1ccccc1C. The lowest BCUT2D eigenvalue weighted by molar-refractivity contribution is -0.0142. The molecule has 0 unspecified atom stereocenters. The van der Waals surface area contributed by atoms with E-state index in [-0.39, 0.29) is 0 Å². The fourth-order valence-corrected chi connectivity index (χ4v) is 7.15. The quantitative estimate of drug-likeness (QED) is 0.455. The van der Waals surface area contributed by atoms with Gasteiger partial charge in [-0.3, -0.25) is 0 Å². The van der Waals surface area contributed by atoms with Crippen LogP contribution in [0.2, 0.25) is 0 Å². The predicted octanol–water partition coefficient (Wildman–Crippen LogP) is 6.65. The summed E-state index contributed by atoms with van der Waals surface area (Å²) in [5.41, 5.74) is 3.70. The van der Waals surface area contributed by atoms with E-state index in [4.69, 9.17) is 9.47 Å². The summed E-state index contributed by atoms with van der Waals surface area (Å²) in [5, 5.41) is 3.95. The zero-order valence-electron chi connectivity index (χ0n) is 18.7. The molecule has 4 fully saturated rings. The number of ether oxygens (including phenoxy) is 2. The smallest absolute Gasteiger partial charge is 0.175 e. The fraction of sp³-hybridized carbons (Fsp3) is 0.556. The monoisotopic (exact) mass is 483 g/mol. The second-order valence-electron chi connectivity index (χ2n) is 9.89. The molecule has 0 aromatic heterocycles. The van der Waals surface area contributed by atoms with Crippen molar-refractivity contribution in [2.24, 2.45) is 23.7 Å². The van der Waals surface area contributed by atoms with Gasteiger partial charge in [0.15, 0.2) is 11.5 Å². The van der Waals surface area contributed by atoms with Crippen molar-refractivity contribution < 1.29 is 9.47 Å². The third-order valence-corrected chi connectivity index (χ3v) is 8.36. The molecule has 0 amide bonds. The molecule has 6 rings (SSSR count). The van der Waals surface area contributed by atoms with Crippen molar-refractivity contribution in [3.05, 3.63) is 57.6 Å². The van der Waals surface area contributed by atoms with Crippen LogP contribution in [0.1, 0.15) is 55.7 Å². The van der Waals surface area contributed by atoms with Gasteiger partial charge in [-0.2, -0.15) is 0 Å². The number of benzene rings is 2. The summed E-state index contributed by atoms with van der Waals surface area (Å²) in [6.45, 7) is 6.20. The highest BCUT2D eigenvalue weighted by Crippen LogP contribution is 2.53. The highest BCUT2D eigenvalue weighted by molar-refractivity contribution is 9.10. The molecular formula is C27H34BrNO2. The third kappa shape index (κ3) is 4.52. The maximum Gasteiger partial charge on any atom is 0.175 e. The van der Waals surface area contributed by atoms with E-state index >= 15 is 0 Å². The average molecular weight is 484 g/mol. The third-order valence-electron chi connectivity index (χ3n) is 7.77. The van der Waals surface area contributed by atoms with E-state index in [1.54, 1.807) is 0 Å². The fourth-order valence-electron chi connectivity index (χ4n) is 6.54. The molecule has 0 aliphatic heterocycles. The first-order valence-corrected chi connectivity index (χ1v) is 12.8. The van der Waals surface area contributed by atoms with Crippen molar-refractivity contribution in [1.29, 1.82) is 0 Å². The average Bonchev–Trinajstić information content (AvgIpc) is 2.73. The van der Waals surface area contributed by atoms with Crippen LogP contribution in [-0.2, 0) is 13.2 Å². The predicted molar refractivity (Wildman–Crippen MR) is 128 cm³/mol. The Morgan fingerprint density at radius 3 is 2.35 bits per heavy atom. The number of halogens is 1. The molecule has 31 heavy (non-hydrogen) atoms. The van der Waals surface area contributed by atoms with E-state index < -0.39 is 0 Å². The van der Waals surface area contributed by atoms with E-state index in [0.717, 1.165) is 46.2 Å².